The zero-order valence-electron chi connectivity index (χ0n) is 12.4. The molecule has 0 saturated heterocycles. The minimum absolute atomic E-state index is 0.0261. The zero-order valence-corrected chi connectivity index (χ0v) is 13.2. The molecule has 0 amide bonds. The monoisotopic (exact) mass is 333 g/mol. The predicted octanol–water partition coefficient (Wildman–Crippen LogP) is 2.96. The molecule has 0 radical (unpaired) electrons. The average molecular weight is 333 g/mol. The maximum atomic E-state index is 11.4. The van der Waals surface area contributed by atoms with E-state index in [4.69, 9.17) is 6.42 Å². The zero-order chi connectivity index (χ0) is 16.7. The summed E-state index contributed by atoms with van der Waals surface area (Å²) in [4.78, 5) is 21.1. The van der Waals surface area contributed by atoms with Gasteiger partial charge in [-0.2, -0.15) is 0 Å². The summed E-state index contributed by atoms with van der Waals surface area (Å²) < 4.78 is 1.78. The Morgan fingerprint density at radius 3 is 2.96 bits per heavy atom. The number of hydrogen-bond donors (Lipinski definition) is 1. The van der Waals surface area contributed by atoms with Gasteiger partial charge >= 0.3 is 5.97 Å². The molecule has 1 aromatic carbocycles. The Hall–Kier alpha value is -3.17. The van der Waals surface area contributed by atoms with Gasteiger partial charge in [-0.25, -0.2) is 9.78 Å². The highest BCUT2D eigenvalue weighted by Gasteiger charge is 2.24. The second-order valence-electron chi connectivity index (χ2n) is 5.23. The van der Waals surface area contributed by atoms with E-state index in [-0.39, 0.29) is 12.2 Å². The first-order valence-corrected chi connectivity index (χ1v) is 8.06. The molecule has 3 heterocycles. The number of thiophene rings is 1. The van der Waals surface area contributed by atoms with E-state index in [0.29, 0.717) is 5.69 Å². The lowest BCUT2D eigenvalue weighted by Gasteiger charge is -2.11. The van der Waals surface area contributed by atoms with Crippen molar-refractivity contribution in [2.24, 2.45) is 4.99 Å². The Labute approximate surface area is 141 Å². The number of aromatic carboxylic acids is 1. The lowest BCUT2D eigenvalue weighted by Crippen LogP contribution is -2.06. The van der Waals surface area contributed by atoms with Gasteiger partial charge < -0.3 is 5.11 Å². The number of aliphatic imine (C=N–C) groups is 1. The molecule has 0 saturated carbocycles. The fourth-order valence-corrected chi connectivity index (χ4v) is 3.55. The molecule has 1 aliphatic heterocycles. The van der Waals surface area contributed by atoms with Crippen molar-refractivity contribution in [1.82, 2.24) is 9.55 Å². The standard InChI is InChI=1S/C18H11N3O2S/c1-2-11-5-6-13-12(8-11)16(15-4-3-7-24-15)19-9-14-17(18(22)23)20-10-21(13)14/h1,3-8,10H,9H2,(H,22,23). The van der Waals surface area contributed by atoms with Crippen LogP contribution < -0.4 is 0 Å². The van der Waals surface area contributed by atoms with E-state index < -0.39 is 5.97 Å². The number of nitrogens with zero attached hydrogens (tertiary/aromatic N) is 3. The number of terminal acetylenes is 1. The van der Waals surface area contributed by atoms with Gasteiger partial charge in [0.1, 0.15) is 6.33 Å². The molecule has 1 aliphatic rings. The van der Waals surface area contributed by atoms with Crippen molar-refractivity contribution in [1.29, 1.82) is 0 Å². The summed E-state index contributed by atoms with van der Waals surface area (Å²) in [6.07, 6.45) is 7.07. The lowest BCUT2D eigenvalue weighted by molar-refractivity contribution is 0.0689. The Kier molecular flexibility index (Phi) is 3.29. The molecule has 0 aliphatic carbocycles. The van der Waals surface area contributed by atoms with Gasteiger partial charge in [0.15, 0.2) is 5.69 Å². The van der Waals surface area contributed by atoms with Crippen molar-refractivity contribution in [3.63, 3.8) is 0 Å². The van der Waals surface area contributed by atoms with Crippen LogP contribution in [0.3, 0.4) is 0 Å². The van der Waals surface area contributed by atoms with E-state index in [0.717, 1.165) is 27.4 Å². The number of fused-ring (bicyclic) bond motifs is 3. The summed E-state index contributed by atoms with van der Waals surface area (Å²) in [7, 11) is 0. The molecule has 116 valence electrons. The highest BCUT2D eigenvalue weighted by molar-refractivity contribution is 7.12. The third-order valence-electron chi connectivity index (χ3n) is 3.89. The van der Waals surface area contributed by atoms with Crippen LogP contribution in [0.25, 0.3) is 5.69 Å². The van der Waals surface area contributed by atoms with E-state index in [1.54, 1.807) is 15.9 Å². The van der Waals surface area contributed by atoms with Crippen molar-refractivity contribution in [3.05, 3.63) is 69.4 Å². The van der Waals surface area contributed by atoms with Crippen LogP contribution in [0.1, 0.15) is 32.2 Å². The number of imidazole rings is 1. The second kappa shape index (κ2) is 5.48. The van der Waals surface area contributed by atoms with Gasteiger partial charge in [0.25, 0.3) is 0 Å². The molecule has 0 fully saturated rings. The van der Waals surface area contributed by atoms with Crippen LogP contribution >= 0.6 is 11.3 Å². The van der Waals surface area contributed by atoms with Crippen molar-refractivity contribution in [2.45, 2.75) is 6.54 Å². The van der Waals surface area contributed by atoms with Gasteiger partial charge in [0.2, 0.25) is 0 Å². The van der Waals surface area contributed by atoms with Crippen LogP contribution in [0.2, 0.25) is 0 Å². The summed E-state index contributed by atoms with van der Waals surface area (Å²) in [5.41, 5.74) is 3.86. The number of rotatable bonds is 2. The number of hydrogen-bond acceptors (Lipinski definition) is 4. The first kappa shape index (κ1) is 14.4. The maximum absolute atomic E-state index is 11.4. The maximum Gasteiger partial charge on any atom is 0.356 e. The largest absolute Gasteiger partial charge is 0.476 e. The minimum Gasteiger partial charge on any atom is -0.476 e. The van der Waals surface area contributed by atoms with Crippen molar-refractivity contribution in [2.75, 3.05) is 0 Å². The van der Waals surface area contributed by atoms with Crippen molar-refractivity contribution in [3.8, 4) is 18.0 Å². The smallest absolute Gasteiger partial charge is 0.356 e. The minimum atomic E-state index is -1.06. The normalized spacial score (nSPS) is 12.5. The molecule has 1 N–H and O–H groups in total. The van der Waals surface area contributed by atoms with Crippen molar-refractivity contribution < 1.29 is 9.90 Å². The molecule has 5 nitrogen and oxygen atoms in total. The van der Waals surface area contributed by atoms with E-state index in [1.807, 2.05) is 35.7 Å². The van der Waals surface area contributed by atoms with Crippen LogP contribution in [-0.4, -0.2) is 26.3 Å². The van der Waals surface area contributed by atoms with E-state index in [1.165, 1.54) is 6.33 Å². The van der Waals surface area contributed by atoms with Crippen LogP contribution in [0.5, 0.6) is 0 Å². The molecule has 24 heavy (non-hydrogen) atoms. The molecule has 0 atom stereocenters. The Balaban J connectivity index is 2.02. The fourth-order valence-electron chi connectivity index (χ4n) is 2.80. The number of benzene rings is 1. The van der Waals surface area contributed by atoms with Gasteiger partial charge in [0, 0.05) is 11.1 Å². The topological polar surface area (TPSA) is 67.5 Å². The fraction of sp³-hybridized carbons (Fsp3) is 0.0556. The van der Waals surface area contributed by atoms with Crippen molar-refractivity contribution >= 4 is 23.0 Å². The summed E-state index contributed by atoms with van der Waals surface area (Å²) >= 11 is 1.58. The first-order valence-electron chi connectivity index (χ1n) is 7.18. The van der Waals surface area contributed by atoms with Crippen LogP contribution in [0.15, 0.2) is 47.0 Å². The molecule has 0 bridgehead atoms. The van der Waals surface area contributed by atoms with Crippen LogP contribution in [0.4, 0.5) is 0 Å². The molecule has 2 aromatic heterocycles. The molecule has 4 rings (SSSR count). The third-order valence-corrected chi connectivity index (χ3v) is 4.76. The number of carboxylic acid groups (broad SMARTS) is 1. The summed E-state index contributed by atoms with van der Waals surface area (Å²) in [5, 5.41) is 11.3. The predicted molar refractivity (Wildman–Crippen MR) is 92.1 cm³/mol. The van der Waals surface area contributed by atoms with E-state index in [9.17, 15) is 9.90 Å². The van der Waals surface area contributed by atoms with E-state index in [2.05, 4.69) is 15.9 Å². The second-order valence-corrected chi connectivity index (χ2v) is 6.18. The summed E-state index contributed by atoms with van der Waals surface area (Å²) in [6, 6.07) is 9.58. The summed E-state index contributed by atoms with van der Waals surface area (Å²) in [5.74, 6) is 1.58. The summed E-state index contributed by atoms with van der Waals surface area (Å²) in [6.45, 7) is 0.245. The Morgan fingerprint density at radius 1 is 1.38 bits per heavy atom. The lowest BCUT2D eigenvalue weighted by atomic mass is 10.0. The average Bonchev–Trinajstić information content (AvgIpc) is 3.22. The Bertz CT molecular complexity index is 1020. The van der Waals surface area contributed by atoms with Gasteiger partial charge in [-0.15, -0.1) is 17.8 Å². The van der Waals surface area contributed by atoms with Gasteiger partial charge in [-0.05, 0) is 29.6 Å². The third kappa shape index (κ3) is 2.14. The molecule has 3 aromatic rings. The number of aromatic nitrogens is 2. The van der Waals surface area contributed by atoms with Crippen LogP contribution in [0, 0.1) is 12.3 Å². The molecular formula is C18H11N3O2S. The highest BCUT2D eigenvalue weighted by Crippen LogP contribution is 2.28. The Morgan fingerprint density at radius 2 is 2.25 bits per heavy atom. The van der Waals surface area contributed by atoms with Gasteiger partial charge in [0.05, 0.1) is 28.5 Å². The van der Waals surface area contributed by atoms with Gasteiger partial charge in [-0.3, -0.25) is 9.56 Å². The highest BCUT2D eigenvalue weighted by atomic mass is 32.1. The SMILES string of the molecule is C#Cc1ccc2c(c1)C(c1cccs1)=NCc1c(C(=O)O)ncn1-2. The molecular weight excluding hydrogens is 322 g/mol. The molecule has 0 spiro atoms. The first-order chi connectivity index (χ1) is 11.7. The molecule has 6 heteroatoms. The van der Waals surface area contributed by atoms with Gasteiger partial charge in [-0.1, -0.05) is 12.0 Å². The van der Waals surface area contributed by atoms with Crippen LogP contribution in [-0.2, 0) is 6.54 Å². The quantitative estimate of drug-likeness (QED) is 0.733. The number of carbonyl (C=O) groups is 1. The number of carboxylic acids is 1. The van der Waals surface area contributed by atoms with E-state index >= 15 is 0 Å². The molecule has 0 unspecified atom stereocenters.